The second kappa shape index (κ2) is 9.21. The van der Waals surface area contributed by atoms with Crippen LogP contribution in [0.25, 0.3) is 0 Å². The lowest BCUT2D eigenvalue weighted by Gasteiger charge is -2.30. The van der Waals surface area contributed by atoms with Gasteiger partial charge in [0.15, 0.2) is 11.5 Å². The number of nitrogens with zero attached hydrogens (tertiary/aromatic N) is 1. The van der Waals surface area contributed by atoms with Crippen LogP contribution in [0.4, 0.5) is 0 Å². The summed E-state index contributed by atoms with van der Waals surface area (Å²) < 4.78 is 10.9. The maximum absolute atomic E-state index is 12.6. The molecule has 1 heterocycles. The summed E-state index contributed by atoms with van der Waals surface area (Å²) in [7, 11) is 1.54. The molecular weight excluding hydrogens is 339 g/mol. The van der Waals surface area contributed by atoms with Crippen LogP contribution in [-0.2, 0) is 0 Å². The van der Waals surface area contributed by atoms with Crippen molar-refractivity contribution >= 4 is 29.9 Å². The molecule has 0 aromatic heterocycles. The number of rotatable bonds is 5. The van der Waals surface area contributed by atoms with Crippen LogP contribution in [-0.4, -0.2) is 43.7 Å². The molecule has 0 unspecified atom stereocenters. The number of carbonyl (C=O) groups is 1. The van der Waals surface area contributed by atoms with Crippen molar-refractivity contribution in [1.29, 1.82) is 0 Å². The number of hydrogen-bond donors (Lipinski definition) is 1. The fourth-order valence-corrected chi connectivity index (χ4v) is 2.74. The monoisotopic (exact) mass is 362 g/mol. The van der Waals surface area contributed by atoms with Crippen LogP contribution in [0.1, 0.15) is 36.5 Å². The molecule has 0 spiro atoms. The van der Waals surface area contributed by atoms with E-state index < -0.39 is 0 Å². The molecule has 0 bridgehead atoms. The highest BCUT2D eigenvalue weighted by Crippen LogP contribution is 2.37. The molecule has 1 aliphatic heterocycles. The van der Waals surface area contributed by atoms with Crippen molar-refractivity contribution < 1.29 is 14.3 Å². The molecule has 0 radical (unpaired) electrons. The van der Waals surface area contributed by atoms with Gasteiger partial charge in [0.05, 0.1) is 18.7 Å². The number of ether oxygens (including phenoxy) is 2. The first-order chi connectivity index (χ1) is 10.6. The average Bonchev–Trinajstić information content (AvgIpc) is 2.53. The third-order valence-electron chi connectivity index (χ3n) is 3.75. The first-order valence-corrected chi connectivity index (χ1v) is 7.99. The minimum absolute atomic E-state index is 0. The molecule has 1 fully saturated rings. The van der Waals surface area contributed by atoms with Gasteiger partial charge in [-0.15, -0.1) is 12.4 Å². The Kier molecular flexibility index (Phi) is 7.95. The highest BCUT2D eigenvalue weighted by Gasteiger charge is 2.23. The van der Waals surface area contributed by atoms with Gasteiger partial charge in [-0.25, -0.2) is 0 Å². The van der Waals surface area contributed by atoms with Gasteiger partial charge in [-0.05, 0) is 31.4 Å². The van der Waals surface area contributed by atoms with Crippen LogP contribution < -0.4 is 15.2 Å². The molecular formula is C16H24Cl2N2O3. The molecule has 1 aliphatic rings. The lowest BCUT2D eigenvalue weighted by atomic mass is 10.0. The van der Waals surface area contributed by atoms with Gasteiger partial charge in [-0.2, -0.15) is 0 Å². The molecule has 130 valence electrons. The van der Waals surface area contributed by atoms with Crippen LogP contribution in [0.3, 0.4) is 0 Å². The summed E-state index contributed by atoms with van der Waals surface area (Å²) in [5, 5.41) is 0.393. The van der Waals surface area contributed by atoms with Gasteiger partial charge in [-0.3, -0.25) is 4.79 Å². The summed E-state index contributed by atoms with van der Waals surface area (Å²) in [6.07, 6.45) is 2.52. The molecule has 1 amide bonds. The molecule has 1 aromatic rings. The quantitative estimate of drug-likeness (QED) is 0.873. The first-order valence-electron chi connectivity index (χ1n) is 7.62. The predicted molar refractivity (Wildman–Crippen MR) is 94.2 cm³/mol. The third-order valence-corrected chi connectivity index (χ3v) is 4.03. The molecule has 0 aliphatic carbocycles. The summed E-state index contributed by atoms with van der Waals surface area (Å²) in [5.41, 5.74) is 6.39. The number of amides is 1. The van der Waals surface area contributed by atoms with Gasteiger partial charge in [0.1, 0.15) is 0 Å². The van der Waals surface area contributed by atoms with E-state index in [4.69, 9.17) is 26.8 Å². The number of nitrogens with two attached hydrogens (primary N) is 1. The summed E-state index contributed by atoms with van der Waals surface area (Å²) in [4.78, 5) is 14.4. The van der Waals surface area contributed by atoms with Gasteiger partial charge >= 0.3 is 0 Å². The van der Waals surface area contributed by atoms with Crippen molar-refractivity contribution in [2.75, 3.05) is 26.8 Å². The normalized spacial score (nSPS) is 15.0. The lowest BCUT2D eigenvalue weighted by molar-refractivity contribution is 0.0714. The van der Waals surface area contributed by atoms with E-state index in [0.29, 0.717) is 41.8 Å². The van der Waals surface area contributed by atoms with E-state index in [1.807, 2.05) is 6.92 Å². The van der Waals surface area contributed by atoms with Crippen LogP contribution in [0, 0.1) is 0 Å². The van der Waals surface area contributed by atoms with E-state index in [1.54, 1.807) is 24.1 Å². The maximum Gasteiger partial charge on any atom is 0.254 e. The Morgan fingerprint density at radius 2 is 2.04 bits per heavy atom. The Bertz CT molecular complexity index is 532. The SMILES string of the molecule is CCCOc1c(Cl)cc(C(=O)N2CCC(N)CC2)cc1OC.Cl. The second-order valence-electron chi connectivity index (χ2n) is 5.47. The Morgan fingerprint density at radius 3 is 2.61 bits per heavy atom. The summed E-state index contributed by atoms with van der Waals surface area (Å²) in [6.45, 7) is 3.91. The standard InChI is InChI=1S/C16H23ClN2O3.ClH/c1-3-8-22-15-13(17)9-11(10-14(15)21-2)16(20)19-6-4-12(18)5-7-19;/h9-10,12H,3-8,18H2,1-2H3;1H. The van der Waals surface area contributed by atoms with Gasteiger partial charge in [0.2, 0.25) is 0 Å². The molecule has 2 N–H and O–H groups in total. The largest absolute Gasteiger partial charge is 0.493 e. The van der Waals surface area contributed by atoms with Crippen LogP contribution in [0.2, 0.25) is 5.02 Å². The predicted octanol–water partition coefficient (Wildman–Crippen LogP) is 3.12. The molecule has 0 atom stereocenters. The van der Waals surface area contributed by atoms with Gasteiger partial charge in [0, 0.05) is 24.7 Å². The Labute approximate surface area is 148 Å². The van der Waals surface area contributed by atoms with Crippen molar-refractivity contribution in [2.24, 2.45) is 5.73 Å². The van der Waals surface area contributed by atoms with Gasteiger partial charge in [0.25, 0.3) is 5.91 Å². The van der Waals surface area contributed by atoms with Crippen molar-refractivity contribution in [1.82, 2.24) is 4.90 Å². The van der Waals surface area contributed by atoms with Crippen LogP contribution >= 0.6 is 24.0 Å². The lowest BCUT2D eigenvalue weighted by Crippen LogP contribution is -2.42. The Hall–Kier alpha value is -1.17. The zero-order valence-corrected chi connectivity index (χ0v) is 15.1. The smallest absolute Gasteiger partial charge is 0.254 e. The van der Waals surface area contributed by atoms with E-state index in [-0.39, 0.29) is 24.4 Å². The van der Waals surface area contributed by atoms with E-state index >= 15 is 0 Å². The van der Waals surface area contributed by atoms with Crippen LogP contribution in [0.15, 0.2) is 12.1 Å². The molecule has 7 heteroatoms. The van der Waals surface area contributed by atoms with Crippen LogP contribution in [0.5, 0.6) is 11.5 Å². The number of hydrogen-bond acceptors (Lipinski definition) is 4. The molecule has 5 nitrogen and oxygen atoms in total. The Morgan fingerprint density at radius 1 is 1.39 bits per heavy atom. The second-order valence-corrected chi connectivity index (χ2v) is 5.87. The summed E-state index contributed by atoms with van der Waals surface area (Å²) in [5.74, 6) is 0.926. The highest BCUT2D eigenvalue weighted by atomic mass is 35.5. The number of likely N-dealkylation sites (tertiary alicyclic amines) is 1. The van der Waals surface area contributed by atoms with E-state index in [1.165, 1.54) is 0 Å². The fraction of sp³-hybridized carbons (Fsp3) is 0.562. The molecule has 2 rings (SSSR count). The van der Waals surface area contributed by atoms with Gasteiger partial charge in [-0.1, -0.05) is 18.5 Å². The molecule has 1 saturated heterocycles. The highest BCUT2D eigenvalue weighted by molar-refractivity contribution is 6.32. The number of halogens is 2. The molecule has 1 aromatic carbocycles. The van der Waals surface area contributed by atoms with Crippen molar-refractivity contribution in [3.63, 3.8) is 0 Å². The first kappa shape index (κ1) is 19.9. The zero-order chi connectivity index (χ0) is 16.1. The Balaban J connectivity index is 0.00000264. The van der Waals surface area contributed by atoms with E-state index in [9.17, 15) is 4.79 Å². The van der Waals surface area contributed by atoms with Crippen molar-refractivity contribution in [3.8, 4) is 11.5 Å². The minimum atomic E-state index is -0.0471. The van der Waals surface area contributed by atoms with E-state index in [2.05, 4.69) is 0 Å². The maximum atomic E-state index is 12.6. The zero-order valence-electron chi connectivity index (χ0n) is 13.5. The minimum Gasteiger partial charge on any atom is -0.493 e. The van der Waals surface area contributed by atoms with Crippen molar-refractivity contribution in [2.45, 2.75) is 32.2 Å². The third kappa shape index (κ3) is 4.90. The molecule has 0 saturated carbocycles. The van der Waals surface area contributed by atoms with E-state index in [0.717, 1.165) is 19.3 Å². The van der Waals surface area contributed by atoms with Gasteiger partial charge < -0.3 is 20.1 Å². The number of benzene rings is 1. The summed E-state index contributed by atoms with van der Waals surface area (Å²) >= 11 is 6.26. The topological polar surface area (TPSA) is 64.8 Å². The number of carbonyl (C=O) groups excluding carboxylic acids is 1. The molecule has 23 heavy (non-hydrogen) atoms. The number of piperidine rings is 1. The number of methoxy groups -OCH3 is 1. The fourth-order valence-electron chi connectivity index (χ4n) is 2.47. The van der Waals surface area contributed by atoms with Crippen molar-refractivity contribution in [3.05, 3.63) is 22.7 Å². The average molecular weight is 363 g/mol. The summed E-state index contributed by atoms with van der Waals surface area (Å²) in [6, 6.07) is 3.52.